The summed E-state index contributed by atoms with van der Waals surface area (Å²) >= 11 is 0. The fourth-order valence-electron chi connectivity index (χ4n) is 2.10. The smallest absolute Gasteiger partial charge is 0.317 e. The van der Waals surface area contributed by atoms with Crippen LogP contribution in [0.2, 0.25) is 0 Å². The van der Waals surface area contributed by atoms with Crippen LogP contribution >= 0.6 is 0 Å². The highest BCUT2D eigenvalue weighted by Crippen LogP contribution is 2.12. The number of nitrogens with one attached hydrogen (secondary N) is 2. The molecule has 0 saturated carbocycles. The van der Waals surface area contributed by atoms with Crippen LogP contribution in [0.3, 0.4) is 0 Å². The van der Waals surface area contributed by atoms with Crippen molar-refractivity contribution >= 4 is 6.03 Å². The Hall–Kier alpha value is -0.770. The van der Waals surface area contributed by atoms with Gasteiger partial charge in [-0.2, -0.15) is 0 Å². The van der Waals surface area contributed by atoms with E-state index in [1.54, 1.807) is 0 Å². The molecular weight excluding hydrogens is 166 g/mol. The van der Waals surface area contributed by atoms with Crippen LogP contribution in [0.15, 0.2) is 0 Å². The summed E-state index contributed by atoms with van der Waals surface area (Å²) < 4.78 is 0. The van der Waals surface area contributed by atoms with E-state index in [9.17, 15) is 4.79 Å². The summed E-state index contributed by atoms with van der Waals surface area (Å²) in [5, 5.41) is 6.22. The maximum Gasteiger partial charge on any atom is 0.317 e. The van der Waals surface area contributed by atoms with E-state index in [1.165, 1.54) is 6.42 Å². The molecule has 1 atom stereocenters. The first-order valence-electron chi connectivity index (χ1n) is 5.13. The molecule has 4 nitrogen and oxygen atoms in total. The minimum atomic E-state index is 0.125. The predicted octanol–water partition coefficient (Wildman–Crippen LogP) is 0.154. The lowest BCUT2D eigenvalue weighted by molar-refractivity contribution is 0.148. The van der Waals surface area contributed by atoms with Crippen LogP contribution in [-0.2, 0) is 0 Å². The van der Waals surface area contributed by atoms with Crippen LogP contribution in [0.1, 0.15) is 19.3 Å². The van der Waals surface area contributed by atoms with E-state index in [0.29, 0.717) is 6.04 Å². The SMILES string of the molecule is O=C1NCCCN1[C@H]1CCCNC1. The summed E-state index contributed by atoms with van der Waals surface area (Å²) in [4.78, 5) is 13.5. The van der Waals surface area contributed by atoms with E-state index in [-0.39, 0.29) is 6.03 Å². The monoisotopic (exact) mass is 183 g/mol. The number of rotatable bonds is 1. The number of urea groups is 1. The predicted molar refractivity (Wildman–Crippen MR) is 50.6 cm³/mol. The molecule has 0 radical (unpaired) electrons. The van der Waals surface area contributed by atoms with Crippen LogP contribution < -0.4 is 10.6 Å². The van der Waals surface area contributed by atoms with Gasteiger partial charge in [0.2, 0.25) is 0 Å². The average Bonchev–Trinajstić information content (AvgIpc) is 2.20. The molecule has 0 aromatic heterocycles. The summed E-state index contributed by atoms with van der Waals surface area (Å²) in [6.45, 7) is 3.84. The number of piperidine rings is 1. The van der Waals surface area contributed by atoms with E-state index in [1.807, 2.05) is 4.90 Å². The molecule has 0 unspecified atom stereocenters. The van der Waals surface area contributed by atoms with Crippen molar-refractivity contribution in [1.29, 1.82) is 0 Å². The molecule has 2 amide bonds. The van der Waals surface area contributed by atoms with Crippen LogP contribution in [0.4, 0.5) is 4.79 Å². The highest BCUT2D eigenvalue weighted by molar-refractivity contribution is 5.75. The molecule has 0 aromatic carbocycles. The maximum atomic E-state index is 11.5. The Morgan fingerprint density at radius 1 is 1.31 bits per heavy atom. The molecule has 0 bridgehead atoms. The second-order valence-electron chi connectivity index (χ2n) is 3.78. The van der Waals surface area contributed by atoms with E-state index in [0.717, 1.165) is 39.0 Å². The van der Waals surface area contributed by atoms with Gasteiger partial charge in [0.05, 0.1) is 0 Å². The highest BCUT2D eigenvalue weighted by Gasteiger charge is 2.26. The van der Waals surface area contributed by atoms with Crippen molar-refractivity contribution < 1.29 is 4.79 Å². The zero-order valence-electron chi connectivity index (χ0n) is 7.88. The Bertz CT molecular complexity index is 189. The molecule has 2 aliphatic heterocycles. The van der Waals surface area contributed by atoms with Crippen LogP contribution in [0.25, 0.3) is 0 Å². The zero-order valence-corrected chi connectivity index (χ0v) is 7.88. The molecule has 2 aliphatic rings. The minimum absolute atomic E-state index is 0.125. The highest BCUT2D eigenvalue weighted by atomic mass is 16.2. The number of hydrogen-bond acceptors (Lipinski definition) is 2. The van der Waals surface area contributed by atoms with Crippen molar-refractivity contribution in [2.24, 2.45) is 0 Å². The third kappa shape index (κ3) is 1.94. The van der Waals surface area contributed by atoms with E-state index >= 15 is 0 Å². The fourth-order valence-corrected chi connectivity index (χ4v) is 2.10. The summed E-state index contributed by atoms with van der Waals surface area (Å²) in [5.74, 6) is 0. The van der Waals surface area contributed by atoms with Crippen molar-refractivity contribution in [3.63, 3.8) is 0 Å². The fraction of sp³-hybridized carbons (Fsp3) is 0.889. The standard InChI is InChI=1S/C9H17N3O/c13-9-11-5-2-6-12(9)8-3-1-4-10-7-8/h8,10H,1-7H2,(H,11,13)/t8-/m0/s1. The van der Waals surface area contributed by atoms with E-state index in [4.69, 9.17) is 0 Å². The van der Waals surface area contributed by atoms with E-state index in [2.05, 4.69) is 10.6 Å². The third-order valence-corrected chi connectivity index (χ3v) is 2.82. The topological polar surface area (TPSA) is 44.4 Å². The molecule has 2 rings (SSSR count). The first-order valence-corrected chi connectivity index (χ1v) is 5.13. The van der Waals surface area contributed by atoms with Gasteiger partial charge in [0.25, 0.3) is 0 Å². The van der Waals surface area contributed by atoms with Crippen LogP contribution in [-0.4, -0.2) is 43.2 Å². The molecule has 0 aromatic rings. The van der Waals surface area contributed by atoms with Gasteiger partial charge < -0.3 is 15.5 Å². The van der Waals surface area contributed by atoms with Crippen molar-refractivity contribution in [3.8, 4) is 0 Å². The summed E-state index contributed by atoms with van der Waals surface area (Å²) in [6.07, 6.45) is 3.43. The Kier molecular flexibility index (Phi) is 2.68. The zero-order chi connectivity index (χ0) is 9.10. The van der Waals surface area contributed by atoms with Gasteiger partial charge in [-0.05, 0) is 25.8 Å². The second-order valence-corrected chi connectivity index (χ2v) is 3.78. The molecular formula is C9H17N3O. The van der Waals surface area contributed by atoms with Gasteiger partial charge in [-0.25, -0.2) is 4.79 Å². The van der Waals surface area contributed by atoms with Gasteiger partial charge in [0.15, 0.2) is 0 Å². The molecule has 2 saturated heterocycles. The Morgan fingerprint density at radius 3 is 2.92 bits per heavy atom. The second kappa shape index (κ2) is 3.96. The molecule has 0 spiro atoms. The Balaban J connectivity index is 1.92. The van der Waals surface area contributed by atoms with Crippen molar-refractivity contribution in [2.75, 3.05) is 26.2 Å². The van der Waals surface area contributed by atoms with Crippen LogP contribution in [0, 0.1) is 0 Å². The number of hydrogen-bond donors (Lipinski definition) is 2. The van der Waals surface area contributed by atoms with E-state index < -0.39 is 0 Å². The first-order chi connectivity index (χ1) is 6.38. The molecule has 2 N–H and O–H groups in total. The number of nitrogens with zero attached hydrogens (tertiary/aromatic N) is 1. The quantitative estimate of drug-likeness (QED) is 0.608. The first kappa shape index (κ1) is 8.81. The Labute approximate surface area is 78.7 Å². The largest absolute Gasteiger partial charge is 0.338 e. The van der Waals surface area contributed by atoms with Gasteiger partial charge in [-0.3, -0.25) is 0 Å². The van der Waals surface area contributed by atoms with Gasteiger partial charge in [-0.15, -0.1) is 0 Å². The molecule has 13 heavy (non-hydrogen) atoms. The lowest BCUT2D eigenvalue weighted by atomic mass is 10.1. The lowest BCUT2D eigenvalue weighted by Gasteiger charge is -2.37. The van der Waals surface area contributed by atoms with Gasteiger partial charge in [0, 0.05) is 25.7 Å². The normalized spacial score (nSPS) is 30.0. The van der Waals surface area contributed by atoms with Gasteiger partial charge in [0.1, 0.15) is 0 Å². The van der Waals surface area contributed by atoms with Crippen molar-refractivity contribution in [1.82, 2.24) is 15.5 Å². The number of carbonyl (C=O) groups excluding carboxylic acids is 1. The molecule has 2 heterocycles. The third-order valence-electron chi connectivity index (χ3n) is 2.82. The Morgan fingerprint density at radius 2 is 2.23 bits per heavy atom. The summed E-state index contributed by atoms with van der Waals surface area (Å²) in [7, 11) is 0. The van der Waals surface area contributed by atoms with Gasteiger partial charge >= 0.3 is 6.03 Å². The minimum Gasteiger partial charge on any atom is -0.338 e. The van der Waals surface area contributed by atoms with Crippen molar-refractivity contribution in [3.05, 3.63) is 0 Å². The molecule has 74 valence electrons. The van der Waals surface area contributed by atoms with Gasteiger partial charge in [-0.1, -0.05) is 0 Å². The molecule has 2 fully saturated rings. The maximum absolute atomic E-state index is 11.5. The van der Waals surface area contributed by atoms with Crippen LogP contribution in [0.5, 0.6) is 0 Å². The number of carbonyl (C=O) groups is 1. The lowest BCUT2D eigenvalue weighted by Crippen LogP contribution is -2.55. The molecule has 4 heteroatoms. The summed E-state index contributed by atoms with van der Waals surface area (Å²) in [6, 6.07) is 0.550. The number of amides is 2. The molecule has 0 aliphatic carbocycles. The summed E-state index contributed by atoms with van der Waals surface area (Å²) in [5.41, 5.74) is 0. The average molecular weight is 183 g/mol. The van der Waals surface area contributed by atoms with Crippen molar-refractivity contribution in [2.45, 2.75) is 25.3 Å².